The first-order valence-electron chi connectivity index (χ1n) is 8.14. The molecule has 3 heterocycles. The van der Waals surface area contributed by atoms with Gasteiger partial charge in [-0.3, -0.25) is 4.79 Å². The molecule has 0 bridgehead atoms. The molecule has 2 N–H and O–H groups in total. The molecule has 0 spiro atoms. The summed E-state index contributed by atoms with van der Waals surface area (Å²) in [5.74, 6) is -1.14. The van der Waals surface area contributed by atoms with Gasteiger partial charge in [-0.25, -0.2) is 9.78 Å². The van der Waals surface area contributed by atoms with Crippen molar-refractivity contribution in [1.82, 2.24) is 25.2 Å². The standard InChI is InChI=1S/C17H12N6O3S3/c24-14(19-16-18-12(8-28-16)13-2-1-7-27-13)9-29-17-20-21-22-23(17)11-5-3-10(4-6-11)15(25)26/h1-8H,9H2,(H,25,26)(H,18,19,24). The van der Waals surface area contributed by atoms with Crippen LogP contribution < -0.4 is 5.32 Å². The largest absolute Gasteiger partial charge is 0.478 e. The molecule has 0 atom stereocenters. The molecule has 146 valence electrons. The predicted molar refractivity (Wildman–Crippen MR) is 111 cm³/mol. The van der Waals surface area contributed by atoms with E-state index < -0.39 is 5.97 Å². The van der Waals surface area contributed by atoms with Crippen molar-refractivity contribution >= 4 is 51.4 Å². The minimum absolute atomic E-state index is 0.0987. The summed E-state index contributed by atoms with van der Waals surface area (Å²) in [4.78, 5) is 28.7. The van der Waals surface area contributed by atoms with Crippen LogP contribution in [-0.2, 0) is 4.79 Å². The number of rotatable bonds is 7. The van der Waals surface area contributed by atoms with E-state index in [1.807, 2.05) is 22.9 Å². The lowest BCUT2D eigenvalue weighted by Gasteiger charge is -2.05. The first-order chi connectivity index (χ1) is 14.1. The second kappa shape index (κ2) is 8.51. The van der Waals surface area contributed by atoms with E-state index in [9.17, 15) is 9.59 Å². The molecule has 0 aliphatic carbocycles. The van der Waals surface area contributed by atoms with Gasteiger partial charge in [-0.1, -0.05) is 17.8 Å². The minimum atomic E-state index is -1.01. The molecule has 0 aliphatic heterocycles. The average Bonchev–Trinajstić information content (AvgIpc) is 3.47. The Morgan fingerprint density at radius 2 is 2.00 bits per heavy atom. The molecule has 9 nitrogen and oxygen atoms in total. The summed E-state index contributed by atoms with van der Waals surface area (Å²) >= 11 is 4.12. The molecule has 29 heavy (non-hydrogen) atoms. The van der Waals surface area contributed by atoms with Crippen LogP contribution in [0.3, 0.4) is 0 Å². The molecule has 0 radical (unpaired) electrons. The Bertz CT molecular complexity index is 1140. The van der Waals surface area contributed by atoms with E-state index in [4.69, 9.17) is 5.11 Å². The van der Waals surface area contributed by atoms with E-state index in [0.29, 0.717) is 16.0 Å². The zero-order valence-corrected chi connectivity index (χ0v) is 17.0. The molecule has 12 heteroatoms. The van der Waals surface area contributed by atoms with Gasteiger partial charge in [-0.2, -0.15) is 4.68 Å². The molecular weight excluding hydrogens is 432 g/mol. The molecule has 0 saturated carbocycles. The number of thiophene rings is 1. The number of benzene rings is 1. The number of nitrogens with zero attached hydrogens (tertiary/aromatic N) is 5. The second-order valence-corrected chi connectivity index (χ2v) is 8.33. The molecule has 0 aliphatic rings. The zero-order valence-electron chi connectivity index (χ0n) is 14.6. The third-order valence-corrected chi connectivity index (χ3v) is 6.23. The molecule has 0 unspecified atom stereocenters. The van der Waals surface area contributed by atoms with Gasteiger partial charge >= 0.3 is 5.97 Å². The topological polar surface area (TPSA) is 123 Å². The number of carbonyl (C=O) groups is 2. The van der Waals surface area contributed by atoms with Gasteiger partial charge in [0, 0.05) is 5.38 Å². The molecule has 3 aromatic heterocycles. The summed E-state index contributed by atoms with van der Waals surface area (Å²) < 4.78 is 1.45. The highest BCUT2D eigenvalue weighted by Gasteiger charge is 2.14. The highest BCUT2D eigenvalue weighted by atomic mass is 32.2. The lowest BCUT2D eigenvalue weighted by Crippen LogP contribution is -2.14. The maximum absolute atomic E-state index is 12.3. The van der Waals surface area contributed by atoms with Crippen LogP contribution in [0.2, 0.25) is 0 Å². The number of carbonyl (C=O) groups excluding carboxylic acids is 1. The van der Waals surface area contributed by atoms with Gasteiger partial charge in [0.05, 0.1) is 27.6 Å². The van der Waals surface area contributed by atoms with Crippen LogP contribution in [0.1, 0.15) is 10.4 Å². The Morgan fingerprint density at radius 1 is 1.17 bits per heavy atom. The van der Waals surface area contributed by atoms with E-state index in [2.05, 4.69) is 25.8 Å². The Hall–Kier alpha value is -3.09. The lowest BCUT2D eigenvalue weighted by atomic mass is 10.2. The van der Waals surface area contributed by atoms with E-state index in [1.54, 1.807) is 23.5 Å². The maximum atomic E-state index is 12.3. The molecule has 4 rings (SSSR count). The fourth-order valence-corrected chi connectivity index (χ4v) is 4.51. The maximum Gasteiger partial charge on any atom is 0.335 e. The fraction of sp³-hybridized carbons (Fsp3) is 0.0588. The van der Waals surface area contributed by atoms with Gasteiger partial charge in [0.25, 0.3) is 0 Å². The highest BCUT2D eigenvalue weighted by molar-refractivity contribution is 7.99. The quantitative estimate of drug-likeness (QED) is 0.416. The number of anilines is 1. The molecule has 1 aromatic carbocycles. The number of thiazole rings is 1. The van der Waals surface area contributed by atoms with Crippen molar-refractivity contribution in [1.29, 1.82) is 0 Å². The van der Waals surface area contributed by atoms with Gasteiger partial charge in [-0.15, -0.1) is 27.8 Å². The van der Waals surface area contributed by atoms with Crippen molar-refractivity contribution in [2.45, 2.75) is 5.16 Å². The molecule has 4 aromatic rings. The molecular formula is C17H12N6O3S3. The van der Waals surface area contributed by atoms with Crippen LogP contribution >= 0.6 is 34.4 Å². The number of carboxylic acid groups (broad SMARTS) is 1. The van der Waals surface area contributed by atoms with Crippen molar-refractivity contribution in [2.24, 2.45) is 0 Å². The van der Waals surface area contributed by atoms with E-state index in [-0.39, 0.29) is 17.2 Å². The Labute approximate surface area is 176 Å². The molecule has 0 saturated heterocycles. The Morgan fingerprint density at radius 3 is 2.72 bits per heavy atom. The summed E-state index contributed by atoms with van der Waals surface area (Å²) in [6, 6.07) is 10.1. The smallest absolute Gasteiger partial charge is 0.335 e. The number of amides is 1. The zero-order chi connectivity index (χ0) is 20.2. The number of thioether (sulfide) groups is 1. The number of hydrogen-bond donors (Lipinski definition) is 2. The monoisotopic (exact) mass is 444 g/mol. The van der Waals surface area contributed by atoms with Crippen LogP contribution in [0, 0.1) is 0 Å². The molecule has 0 fully saturated rings. The first-order valence-corrected chi connectivity index (χ1v) is 10.9. The molecule has 1 amide bonds. The second-order valence-electron chi connectivity index (χ2n) is 5.58. The summed E-state index contributed by atoms with van der Waals surface area (Å²) in [5.41, 5.74) is 1.60. The number of aromatic nitrogens is 5. The van der Waals surface area contributed by atoms with Crippen LogP contribution in [0.4, 0.5) is 5.13 Å². The minimum Gasteiger partial charge on any atom is -0.478 e. The summed E-state index contributed by atoms with van der Waals surface area (Å²) in [7, 11) is 0. The average molecular weight is 445 g/mol. The van der Waals surface area contributed by atoms with E-state index in [0.717, 1.165) is 10.6 Å². The van der Waals surface area contributed by atoms with Crippen LogP contribution in [0.5, 0.6) is 0 Å². The van der Waals surface area contributed by atoms with E-state index >= 15 is 0 Å². The number of tetrazole rings is 1. The number of nitrogens with one attached hydrogen (secondary N) is 1. The lowest BCUT2D eigenvalue weighted by molar-refractivity contribution is -0.113. The number of aromatic carboxylic acids is 1. The SMILES string of the molecule is O=C(CSc1nnnn1-c1ccc(C(=O)O)cc1)Nc1nc(-c2cccs2)cs1. The van der Waals surface area contributed by atoms with Crippen LogP contribution in [-0.4, -0.2) is 47.9 Å². The Kier molecular flexibility index (Phi) is 5.64. The summed E-state index contributed by atoms with van der Waals surface area (Å²) in [6.45, 7) is 0. The van der Waals surface area contributed by atoms with Crippen molar-refractivity contribution in [3.63, 3.8) is 0 Å². The highest BCUT2D eigenvalue weighted by Crippen LogP contribution is 2.28. The number of carboxylic acids is 1. The van der Waals surface area contributed by atoms with E-state index in [1.165, 1.54) is 39.9 Å². The van der Waals surface area contributed by atoms with Gasteiger partial charge in [0.1, 0.15) is 0 Å². The summed E-state index contributed by atoms with van der Waals surface area (Å²) in [5, 5.41) is 28.0. The van der Waals surface area contributed by atoms with Gasteiger partial charge in [0.2, 0.25) is 11.1 Å². The number of hydrogen-bond acceptors (Lipinski definition) is 9. The normalized spacial score (nSPS) is 10.8. The van der Waals surface area contributed by atoms with Gasteiger partial charge < -0.3 is 10.4 Å². The fourth-order valence-electron chi connectivity index (χ4n) is 2.33. The third kappa shape index (κ3) is 4.50. The van der Waals surface area contributed by atoms with Crippen molar-refractivity contribution < 1.29 is 14.7 Å². The van der Waals surface area contributed by atoms with Crippen molar-refractivity contribution in [3.05, 3.63) is 52.7 Å². The Balaban J connectivity index is 1.38. The van der Waals surface area contributed by atoms with Gasteiger partial charge in [0.15, 0.2) is 5.13 Å². The van der Waals surface area contributed by atoms with Crippen LogP contribution in [0.15, 0.2) is 52.3 Å². The van der Waals surface area contributed by atoms with Crippen molar-refractivity contribution in [2.75, 3.05) is 11.1 Å². The van der Waals surface area contributed by atoms with Gasteiger partial charge in [-0.05, 0) is 46.1 Å². The van der Waals surface area contributed by atoms with Crippen LogP contribution in [0.25, 0.3) is 16.3 Å². The first kappa shape index (κ1) is 19.2. The summed E-state index contributed by atoms with van der Waals surface area (Å²) in [6.07, 6.45) is 0. The van der Waals surface area contributed by atoms with Crippen molar-refractivity contribution in [3.8, 4) is 16.3 Å². The predicted octanol–water partition coefficient (Wildman–Crippen LogP) is 3.28. The third-order valence-electron chi connectivity index (χ3n) is 3.66.